The summed E-state index contributed by atoms with van der Waals surface area (Å²) < 4.78 is 39.0. The summed E-state index contributed by atoms with van der Waals surface area (Å²) in [6.45, 7) is 2.75. The monoisotopic (exact) mass is 494 g/mol. The maximum atomic E-state index is 8.74. The first-order valence-corrected chi connectivity index (χ1v) is 10.3. The molecule has 23 heavy (non-hydrogen) atoms. The van der Waals surface area contributed by atoms with E-state index in [1.165, 1.54) is 6.42 Å². The van der Waals surface area contributed by atoms with Crippen molar-refractivity contribution < 1.29 is 22.3 Å². The Morgan fingerprint density at radius 3 is 2.43 bits per heavy atom. The largest absolute Gasteiger partial charge is 0.477 e. The summed E-state index contributed by atoms with van der Waals surface area (Å²) in [5.41, 5.74) is 0. The van der Waals surface area contributed by atoms with Crippen molar-refractivity contribution in [2.45, 2.75) is 19.3 Å². The molecule has 0 aliphatic heterocycles. The van der Waals surface area contributed by atoms with Crippen molar-refractivity contribution in [1.82, 2.24) is 10.3 Å². The molecule has 1 heterocycles. The molecule has 7 nitrogen and oxygen atoms in total. The van der Waals surface area contributed by atoms with Gasteiger partial charge >= 0.3 is 10.4 Å². The molecule has 11 heteroatoms. The lowest BCUT2D eigenvalue weighted by atomic mass is 10.2. The number of nitrogens with one attached hydrogen (secondary N) is 1. The van der Waals surface area contributed by atoms with Crippen LogP contribution in [0, 0.1) is 0 Å². The minimum Gasteiger partial charge on any atom is -0.477 e. The number of nitrogens with zero attached hydrogens (tertiary/aromatic N) is 1. The maximum absolute atomic E-state index is 8.74. The van der Waals surface area contributed by atoms with E-state index in [1.54, 1.807) is 6.20 Å². The Morgan fingerprint density at radius 2 is 1.87 bits per heavy atom. The molecule has 0 aliphatic rings. The van der Waals surface area contributed by atoms with Gasteiger partial charge in [-0.1, -0.05) is 0 Å². The number of unbranched alkanes of at least 4 members (excludes halogenated alkanes) is 2. The van der Waals surface area contributed by atoms with E-state index in [1.807, 2.05) is 6.07 Å². The van der Waals surface area contributed by atoms with Gasteiger partial charge in [0.25, 0.3) is 0 Å². The number of halogens is 2. The molecule has 0 atom stereocenters. The predicted octanol–water partition coefficient (Wildman–Crippen LogP) is 3.02. The van der Waals surface area contributed by atoms with Crippen LogP contribution < -0.4 is 10.1 Å². The van der Waals surface area contributed by atoms with Crippen molar-refractivity contribution in [1.29, 1.82) is 0 Å². The third kappa shape index (κ3) is 16.7. The van der Waals surface area contributed by atoms with Gasteiger partial charge in [0, 0.05) is 23.0 Å². The molecule has 1 aromatic heterocycles. The van der Waals surface area contributed by atoms with Crippen molar-refractivity contribution in [3.8, 4) is 5.88 Å². The van der Waals surface area contributed by atoms with Gasteiger partial charge in [0.05, 0.1) is 11.1 Å². The summed E-state index contributed by atoms with van der Waals surface area (Å²) in [4.78, 5) is 4.20. The van der Waals surface area contributed by atoms with Gasteiger partial charge in [-0.2, -0.15) is 21.0 Å². The highest BCUT2D eigenvalue weighted by Gasteiger charge is 2.02. The summed E-state index contributed by atoms with van der Waals surface area (Å²) in [5.74, 6) is 1.55. The fourth-order valence-electron chi connectivity index (χ4n) is 1.41. The third-order valence-corrected chi connectivity index (χ3v) is 3.52. The Balaban J connectivity index is 0.000000841. The predicted molar refractivity (Wildman–Crippen MR) is 99.9 cm³/mol. The van der Waals surface area contributed by atoms with Crippen LogP contribution in [0.4, 0.5) is 0 Å². The van der Waals surface area contributed by atoms with Crippen molar-refractivity contribution in [2.24, 2.45) is 0 Å². The Kier molecular flexibility index (Phi) is 13.4. The van der Waals surface area contributed by atoms with Gasteiger partial charge in [-0.25, -0.2) is 4.98 Å². The highest BCUT2D eigenvalue weighted by Crippen LogP contribution is 2.25. The van der Waals surface area contributed by atoms with Crippen LogP contribution in [0.2, 0.25) is 0 Å². The van der Waals surface area contributed by atoms with Crippen molar-refractivity contribution >= 4 is 54.9 Å². The lowest BCUT2D eigenvalue weighted by molar-refractivity contribution is 0.292. The molecule has 0 aromatic carbocycles. The van der Waals surface area contributed by atoms with Gasteiger partial charge in [-0.05, 0) is 63.7 Å². The standard InChI is InChI=1S/C12H18Br2N2OS.H2O4S/c13-10-8-11(14)12(16-9-10)17-6-3-1-2-4-15-5-7-18;1-5(2,3)4/h8-9,15,18H,1-7H2;(H2,1,2,3,4). The summed E-state index contributed by atoms with van der Waals surface area (Å²) in [6.07, 6.45) is 5.12. The Morgan fingerprint density at radius 1 is 1.22 bits per heavy atom. The molecule has 0 spiro atoms. The van der Waals surface area contributed by atoms with E-state index in [0.717, 1.165) is 40.6 Å². The highest BCUT2D eigenvalue weighted by molar-refractivity contribution is 9.11. The number of hydrogen-bond acceptors (Lipinski definition) is 6. The number of aromatic nitrogens is 1. The number of hydrogen-bond donors (Lipinski definition) is 4. The van der Waals surface area contributed by atoms with Gasteiger partial charge in [0.2, 0.25) is 5.88 Å². The minimum absolute atomic E-state index is 0.659. The molecule has 0 saturated heterocycles. The number of ether oxygens (including phenoxy) is 1. The fourth-order valence-corrected chi connectivity index (χ4v) is 2.67. The van der Waals surface area contributed by atoms with Gasteiger partial charge in [-0.3, -0.25) is 9.11 Å². The highest BCUT2D eigenvalue weighted by atomic mass is 79.9. The fraction of sp³-hybridized carbons (Fsp3) is 0.583. The lowest BCUT2D eigenvalue weighted by Crippen LogP contribution is -2.17. The second-order valence-corrected chi connectivity index (χ2v) is 7.38. The van der Waals surface area contributed by atoms with Crippen LogP contribution in [0.25, 0.3) is 0 Å². The Bertz CT molecular complexity index is 538. The van der Waals surface area contributed by atoms with E-state index in [-0.39, 0.29) is 0 Å². The van der Waals surface area contributed by atoms with Crippen LogP contribution in [0.15, 0.2) is 21.2 Å². The molecule has 0 fully saturated rings. The Labute approximate surface area is 158 Å². The van der Waals surface area contributed by atoms with Crippen molar-refractivity contribution in [3.05, 3.63) is 21.2 Å². The quantitative estimate of drug-likeness (QED) is 0.237. The molecule has 0 saturated carbocycles. The summed E-state index contributed by atoms with van der Waals surface area (Å²) in [7, 11) is -4.67. The van der Waals surface area contributed by atoms with Gasteiger partial charge < -0.3 is 10.1 Å². The van der Waals surface area contributed by atoms with E-state index in [4.69, 9.17) is 22.3 Å². The summed E-state index contributed by atoms with van der Waals surface area (Å²) >= 11 is 10.9. The first-order chi connectivity index (χ1) is 10.7. The summed E-state index contributed by atoms with van der Waals surface area (Å²) in [5, 5.41) is 3.32. The zero-order valence-electron chi connectivity index (χ0n) is 12.3. The number of rotatable bonds is 9. The van der Waals surface area contributed by atoms with E-state index in [9.17, 15) is 0 Å². The van der Waals surface area contributed by atoms with Crippen molar-refractivity contribution in [3.63, 3.8) is 0 Å². The topological polar surface area (TPSA) is 109 Å². The van der Waals surface area contributed by atoms with Crippen LogP contribution in [0.3, 0.4) is 0 Å². The minimum atomic E-state index is -4.67. The number of thiol groups is 1. The average molecular weight is 496 g/mol. The van der Waals surface area contributed by atoms with Crippen LogP contribution in [0.5, 0.6) is 5.88 Å². The molecular weight excluding hydrogens is 476 g/mol. The van der Waals surface area contributed by atoms with E-state index >= 15 is 0 Å². The zero-order valence-corrected chi connectivity index (χ0v) is 17.2. The molecule has 0 aliphatic carbocycles. The van der Waals surface area contributed by atoms with Gasteiger partial charge in [0.15, 0.2) is 0 Å². The third-order valence-electron chi connectivity index (χ3n) is 2.30. The van der Waals surface area contributed by atoms with Crippen LogP contribution >= 0.6 is 44.5 Å². The molecule has 134 valence electrons. The van der Waals surface area contributed by atoms with Gasteiger partial charge in [-0.15, -0.1) is 0 Å². The SMILES string of the molecule is O=S(=O)(O)O.SCCNCCCCCOc1ncc(Br)cc1Br. The van der Waals surface area contributed by atoms with E-state index in [0.29, 0.717) is 12.5 Å². The molecule has 0 unspecified atom stereocenters. The smallest absolute Gasteiger partial charge is 0.394 e. The Hall–Kier alpha value is 0.0900. The van der Waals surface area contributed by atoms with Crippen LogP contribution in [0.1, 0.15) is 19.3 Å². The molecular formula is C12H20Br2N2O5S2. The molecule has 3 N–H and O–H groups in total. The maximum Gasteiger partial charge on any atom is 0.394 e. The zero-order chi connectivity index (χ0) is 17.7. The van der Waals surface area contributed by atoms with Crippen LogP contribution in [-0.2, 0) is 10.4 Å². The molecule has 0 amide bonds. The molecule has 0 bridgehead atoms. The molecule has 1 aromatic rings. The second-order valence-electron chi connectivity index (χ2n) is 4.27. The number of pyridine rings is 1. The normalized spacial score (nSPS) is 10.8. The van der Waals surface area contributed by atoms with Gasteiger partial charge in [0.1, 0.15) is 0 Å². The average Bonchev–Trinajstić information content (AvgIpc) is 2.42. The van der Waals surface area contributed by atoms with Crippen LogP contribution in [-0.4, -0.2) is 48.0 Å². The molecule has 1 rings (SSSR count). The second kappa shape index (κ2) is 13.4. The van der Waals surface area contributed by atoms with E-state index in [2.05, 4.69) is 54.8 Å². The first-order valence-electron chi connectivity index (χ1n) is 6.69. The molecule has 0 radical (unpaired) electrons. The van der Waals surface area contributed by atoms with E-state index < -0.39 is 10.4 Å². The first kappa shape index (κ1) is 23.1. The summed E-state index contributed by atoms with van der Waals surface area (Å²) in [6, 6.07) is 1.93. The van der Waals surface area contributed by atoms with Crippen molar-refractivity contribution in [2.75, 3.05) is 25.4 Å². The lowest BCUT2D eigenvalue weighted by Gasteiger charge is -2.07.